The highest BCUT2D eigenvalue weighted by Crippen LogP contribution is 2.33. The van der Waals surface area contributed by atoms with Gasteiger partial charge in [0, 0.05) is 51.2 Å². The lowest BCUT2D eigenvalue weighted by atomic mass is 9.90. The van der Waals surface area contributed by atoms with Crippen LogP contribution >= 0.6 is 11.6 Å². The fourth-order valence-electron chi connectivity index (χ4n) is 4.77. The van der Waals surface area contributed by atoms with Gasteiger partial charge in [-0.2, -0.15) is 0 Å². The summed E-state index contributed by atoms with van der Waals surface area (Å²) in [6, 6.07) is 16.0. The van der Waals surface area contributed by atoms with E-state index in [1.54, 1.807) is 6.92 Å². The highest BCUT2D eigenvalue weighted by Gasteiger charge is 2.32. The number of hydrogen-bond donors (Lipinski definition) is 0. The average Bonchev–Trinajstić information content (AvgIpc) is 3.01. The molecule has 0 N–H and O–H groups in total. The fraction of sp³-hybridized carbons (Fsp3) is 0.440. The molecule has 164 valence electrons. The Morgan fingerprint density at radius 1 is 0.968 bits per heavy atom. The van der Waals surface area contributed by atoms with Gasteiger partial charge in [0.05, 0.1) is 12.5 Å². The average molecular weight is 440 g/mol. The van der Waals surface area contributed by atoms with Gasteiger partial charge < -0.3 is 9.80 Å². The van der Waals surface area contributed by atoms with Crippen molar-refractivity contribution >= 4 is 23.4 Å². The minimum atomic E-state index is -0.164. The third-order valence-corrected chi connectivity index (χ3v) is 6.70. The second-order valence-electron chi connectivity index (χ2n) is 8.52. The van der Waals surface area contributed by atoms with E-state index in [2.05, 4.69) is 29.2 Å². The van der Waals surface area contributed by atoms with Crippen LogP contribution in [0.25, 0.3) is 0 Å². The molecular formula is C25H30ClN3O2. The van der Waals surface area contributed by atoms with Crippen molar-refractivity contribution in [2.75, 3.05) is 32.7 Å². The highest BCUT2D eigenvalue weighted by molar-refractivity contribution is 6.30. The van der Waals surface area contributed by atoms with E-state index < -0.39 is 0 Å². The van der Waals surface area contributed by atoms with E-state index in [0.717, 1.165) is 56.2 Å². The Labute approximate surface area is 189 Å². The Morgan fingerprint density at radius 3 is 2.52 bits per heavy atom. The molecule has 0 bridgehead atoms. The third-order valence-electron chi connectivity index (χ3n) is 6.45. The molecule has 4 rings (SSSR count). The summed E-state index contributed by atoms with van der Waals surface area (Å²) in [5.41, 5.74) is 3.61. The van der Waals surface area contributed by atoms with Gasteiger partial charge in [0.25, 0.3) is 0 Å². The van der Waals surface area contributed by atoms with E-state index in [0.29, 0.717) is 13.0 Å². The number of rotatable bonds is 4. The van der Waals surface area contributed by atoms with Gasteiger partial charge in [-0.05, 0) is 41.7 Å². The monoisotopic (exact) mass is 439 g/mol. The molecule has 0 radical (unpaired) electrons. The zero-order chi connectivity index (χ0) is 21.8. The van der Waals surface area contributed by atoms with Crippen molar-refractivity contribution in [3.63, 3.8) is 0 Å². The number of carbonyl (C=O) groups excluding carboxylic acids is 2. The predicted molar refractivity (Wildman–Crippen MR) is 123 cm³/mol. The maximum Gasteiger partial charge on any atom is 0.225 e. The molecule has 5 nitrogen and oxygen atoms in total. The van der Waals surface area contributed by atoms with Crippen LogP contribution in [0.2, 0.25) is 5.02 Å². The minimum absolute atomic E-state index is 0.0392. The summed E-state index contributed by atoms with van der Waals surface area (Å²) in [5, 5.41) is 0.750. The van der Waals surface area contributed by atoms with Gasteiger partial charge in [0.2, 0.25) is 11.8 Å². The number of amides is 2. The molecule has 0 spiro atoms. The first-order valence-electron chi connectivity index (χ1n) is 11.1. The first-order valence-corrected chi connectivity index (χ1v) is 11.5. The Balaban J connectivity index is 1.40. The third kappa shape index (κ3) is 5.28. The van der Waals surface area contributed by atoms with Crippen LogP contribution in [-0.4, -0.2) is 59.2 Å². The Kier molecular flexibility index (Phi) is 6.93. The Hall–Kier alpha value is -2.37. The molecule has 2 aromatic carbocycles. The summed E-state index contributed by atoms with van der Waals surface area (Å²) < 4.78 is 0. The lowest BCUT2D eigenvalue weighted by Gasteiger charge is -2.37. The number of fused-ring (bicyclic) bond motifs is 1. The topological polar surface area (TPSA) is 43.9 Å². The van der Waals surface area contributed by atoms with Crippen LogP contribution in [0.4, 0.5) is 0 Å². The number of carbonyl (C=O) groups is 2. The Bertz CT molecular complexity index is 931. The molecular weight excluding hydrogens is 410 g/mol. The van der Waals surface area contributed by atoms with Crippen molar-refractivity contribution in [3.05, 3.63) is 70.2 Å². The van der Waals surface area contributed by atoms with Gasteiger partial charge in [-0.15, -0.1) is 0 Å². The summed E-state index contributed by atoms with van der Waals surface area (Å²) in [6.07, 6.45) is 2.16. The summed E-state index contributed by atoms with van der Waals surface area (Å²) in [5.74, 6) is 0.179. The molecule has 6 heteroatoms. The van der Waals surface area contributed by atoms with Gasteiger partial charge in [-0.3, -0.25) is 14.5 Å². The van der Waals surface area contributed by atoms with Gasteiger partial charge >= 0.3 is 0 Å². The second kappa shape index (κ2) is 9.84. The first kappa shape index (κ1) is 21.8. The number of halogens is 1. The summed E-state index contributed by atoms with van der Waals surface area (Å²) in [7, 11) is 0. The summed E-state index contributed by atoms with van der Waals surface area (Å²) >= 11 is 5.99. The largest absolute Gasteiger partial charge is 0.341 e. The molecule has 1 unspecified atom stereocenters. The van der Waals surface area contributed by atoms with Crippen LogP contribution in [0.3, 0.4) is 0 Å². The second-order valence-corrected chi connectivity index (χ2v) is 8.95. The smallest absolute Gasteiger partial charge is 0.225 e. The van der Waals surface area contributed by atoms with Crippen molar-refractivity contribution in [3.8, 4) is 0 Å². The lowest BCUT2D eigenvalue weighted by Crippen LogP contribution is -2.42. The molecule has 31 heavy (non-hydrogen) atoms. The van der Waals surface area contributed by atoms with Crippen molar-refractivity contribution in [2.24, 2.45) is 0 Å². The fourth-order valence-corrected chi connectivity index (χ4v) is 4.90. The summed E-state index contributed by atoms with van der Waals surface area (Å²) in [4.78, 5) is 31.8. The molecule has 0 aliphatic carbocycles. The van der Waals surface area contributed by atoms with Crippen molar-refractivity contribution in [2.45, 2.75) is 38.8 Å². The Morgan fingerprint density at radius 2 is 1.74 bits per heavy atom. The van der Waals surface area contributed by atoms with Crippen molar-refractivity contribution in [1.29, 1.82) is 0 Å². The van der Waals surface area contributed by atoms with Crippen molar-refractivity contribution in [1.82, 2.24) is 14.7 Å². The minimum Gasteiger partial charge on any atom is -0.341 e. The van der Waals surface area contributed by atoms with E-state index in [-0.39, 0.29) is 17.9 Å². The van der Waals surface area contributed by atoms with Gasteiger partial charge in [-0.1, -0.05) is 48.0 Å². The highest BCUT2D eigenvalue weighted by atomic mass is 35.5. The molecule has 0 saturated carbocycles. The summed E-state index contributed by atoms with van der Waals surface area (Å²) in [6.45, 7) is 6.47. The number of nitrogens with zero attached hydrogens (tertiary/aromatic N) is 3. The lowest BCUT2D eigenvalue weighted by molar-refractivity contribution is -0.136. The SMILES string of the molecule is CC(=O)N1CCc2ccccc2C1CC(=O)N1CCCN(Cc2ccc(Cl)cc2)CC1. The molecule has 1 saturated heterocycles. The van der Waals surface area contributed by atoms with Crippen LogP contribution in [0.1, 0.15) is 42.5 Å². The maximum absolute atomic E-state index is 13.3. The van der Waals surface area contributed by atoms with E-state index in [1.807, 2.05) is 34.1 Å². The molecule has 2 amide bonds. The normalized spacial score (nSPS) is 19.6. The van der Waals surface area contributed by atoms with Crippen molar-refractivity contribution < 1.29 is 9.59 Å². The molecule has 1 atom stereocenters. The number of hydrogen-bond acceptors (Lipinski definition) is 3. The van der Waals surface area contributed by atoms with Crippen LogP contribution in [0.15, 0.2) is 48.5 Å². The van der Waals surface area contributed by atoms with Gasteiger partial charge in [0.15, 0.2) is 0 Å². The van der Waals surface area contributed by atoms with Gasteiger partial charge in [-0.25, -0.2) is 0 Å². The molecule has 2 aliphatic rings. The molecule has 2 aromatic rings. The van der Waals surface area contributed by atoms with Crippen LogP contribution in [0, 0.1) is 0 Å². The molecule has 2 aliphatic heterocycles. The molecule has 1 fully saturated rings. The molecule has 2 heterocycles. The van der Waals surface area contributed by atoms with E-state index in [9.17, 15) is 9.59 Å². The number of benzene rings is 2. The van der Waals surface area contributed by atoms with Crippen LogP contribution in [0.5, 0.6) is 0 Å². The van der Waals surface area contributed by atoms with E-state index in [4.69, 9.17) is 11.6 Å². The quantitative estimate of drug-likeness (QED) is 0.725. The van der Waals surface area contributed by atoms with Gasteiger partial charge in [0.1, 0.15) is 0 Å². The molecule has 0 aromatic heterocycles. The maximum atomic E-state index is 13.3. The zero-order valence-electron chi connectivity index (χ0n) is 18.1. The van der Waals surface area contributed by atoms with E-state index in [1.165, 1.54) is 11.1 Å². The van der Waals surface area contributed by atoms with Crippen LogP contribution in [-0.2, 0) is 22.6 Å². The zero-order valence-corrected chi connectivity index (χ0v) is 18.9. The standard InChI is InChI=1S/C25H30ClN3O2/c1-19(30)29-14-11-21-5-2-3-6-23(21)24(29)17-25(31)28-13-4-12-27(15-16-28)18-20-7-9-22(26)10-8-20/h2-3,5-10,24H,4,11-18H2,1H3. The first-order chi connectivity index (χ1) is 15.0. The van der Waals surface area contributed by atoms with E-state index >= 15 is 0 Å². The van der Waals surface area contributed by atoms with Crippen LogP contribution < -0.4 is 0 Å². The predicted octanol–water partition coefficient (Wildman–Crippen LogP) is 3.91.